The lowest BCUT2D eigenvalue weighted by Crippen LogP contribution is -2.41. The minimum atomic E-state index is -0.318. The number of nitrogens with two attached hydrogens (primary N) is 1. The molecule has 1 heterocycles. The second kappa shape index (κ2) is 5.81. The van der Waals surface area contributed by atoms with Crippen molar-refractivity contribution < 1.29 is 19.4 Å². The van der Waals surface area contributed by atoms with Crippen molar-refractivity contribution in [2.45, 2.75) is 12.8 Å². The molecule has 2 amide bonds. The Bertz CT molecular complexity index is 522. The number of methoxy groups -OCH3 is 1. The number of rotatable bonds is 3. The maximum absolute atomic E-state index is 12.4. The normalized spacial score (nSPS) is 15.9. The maximum atomic E-state index is 12.4. The average Bonchev–Trinajstić information content (AvgIpc) is 2.47. The largest absolute Gasteiger partial charge is 0.504 e. The van der Waals surface area contributed by atoms with Gasteiger partial charge in [-0.25, -0.2) is 0 Å². The molecule has 2 rings (SSSR count). The van der Waals surface area contributed by atoms with Crippen LogP contribution in [0.1, 0.15) is 23.2 Å². The van der Waals surface area contributed by atoms with E-state index in [-0.39, 0.29) is 34.8 Å². The number of hydrogen-bond acceptors (Lipinski definition) is 4. The molecule has 1 aliphatic rings. The maximum Gasteiger partial charge on any atom is 0.257 e. The van der Waals surface area contributed by atoms with Crippen LogP contribution in [-0.4, -0.2) is 42.0 Å². The van der Waals surface area contributed by atoms with E-state index < -0.39 is 0 Å². The summed E-state index contributed by atoms with van der Waals surface area (Å²) in [5, 5.41) is 9.98. The smallest absolute Gasteiger partial charge is 0.257 e. The molecule has 108 valence electrons. The Labute approximate surface area is 117 Å². The number of phenolic OH excluding ortho intramolecular Hbond substituents is 1. The molecule has 0 atom stereocenters. The first-order valence-corrected chi connectivity index (χ1v) is 6.49. The second-order valence-electron chi connectivity index (χ2n) is 4.83. The molecule has 20 heavy (non-hydrogen) atoms. The van der Waals surface area contributed by atoms with E-state index in [9.17, 15) is 14.7 Å². The highest BCUT2D eigenvalue weighted by atomic mass is 16.5. The van der Waals surface area contributed by atoms with Crippen LogP contribution in [0.4, 0.5) is 0 Å². The summed E-state index contributed by atoms with van der Waals surface area (Å²) < 4.78 is 4.99. The Morgan fingerprint density at radius 3 is 2.55 bits per heavy atom. The Morgan fingerprint density at radius 2 is 2.00 bits per heavy atom. The summed E-state index contributed by atoms with van der Waals surface area (Å²) in [6.07, 6.45) is 1.12. The number of phenols is 1. The number of likely N-dealkylation sites (tertiary alicyclic amines) is 1. The van der Waals surface area contributed by atoms with Crippen LogP contribution in [0, 0.1) is 5.92 Å². The summed E-state index contributed by atoms with van der Waals surface area (Å²) >= 11 is 0. The van der Waals surface area contributed by atoms with Crippen molar-refractivity contribution in [2.75, 3.05) is 20.2 Å². The fraction of sp³-hybridized carbons (Fsp3) is 0.429. The summed E-state index contributed by atoms with van der Waals surface area (Å²) in [6.45, 7) is 0.923. The van der Waals surface area contributed by atoms with Crippen molar-refractivity contribution in [3.05, 3.63) is 23.8 Å². The molecule has 0 unspecified atom stereocenters. The Balaban J connectivity index is 2.11. The molecule has 1 saturated heterocycles. The molecule has 1 aliphatic heterocycles. The number of carbonyl (C=O) groups is 2. The van der Waals surface area contributed by atoms with Gasteiger partial charge in [-0.1, -0.05) is 6.07 Å². The van der Waals surface area contributed by atoms with Gasteiger partial charge in [0, 0.05) is 19.0 Å². The Kier molecular flexibility index (Phi) is 4.12. The standard InChI is InChI=1S/C14H18N2O4/c1-20-11-4-2-3-10(12(11)17)14(19)16-7-5-9(6-8-16)13(15)18/h2-4,9,17H,5-8H2,1H3,(H2,15,18). The molecule has 6 nitrogen and oxygen atoms in total. The summed E-state index contributed by atoms with van der Waals surface area (Å²) in [4.78, 5) is 25.1. The molecule has 0 radical (unpaired) electrons. The minimum Gasteiger partial charge on any atom is -0.504 e. The van der Waals surface area contributed by atoms with Gasteiger partial charge in [0.05, 0.1) is 12.7 Å². The number of hydrogen-bond donors (Lipinski definition) is 2. The van der Waals surface area contributed by atoms with Crippen molar-refractivity contribution >= 4 is 11.8 Å². The SMILES string of the molecule is COc1cccc(C(=O)N2CCC(C(N)=O)CC2)c1O. The van der Waals surface area contributed by atoms with Crippen molar-refractivity contribution in [2.24, 2.45) is 11.7 Å². The molecular formula is C14H18N2O4. The van der Waals surface area contributed by atoms with Gasteiger partial charge in [-0.2, -0.15) is 0 Å². The first kappa shape index (κ1) is 14.2. The highest BCUT2D eigenvalue weighted by Gasteiger charge is 2.28. The number of benzene rings is 1. The van der Waals surface area contributed by atoms with Gasteiger partial charge >= 0.3 is 0 Å². The number of piperidine rings is 1. The van der Waals surface area contributed by atoms with Crippen molar-refractivity contribution in [1.29, 1.82) is 0 Å². The van der Waals surface area contributed by atoms with E-state index in [2.05, 4.69) is 0 Å². The number of nitrogens with zero attached hydrogens (tertiary/aromatic N) is 1. The summed E-state index contributed by atoms with van der Waals surface area (Å²) in [5.41, 5.74) is 5.47. The van der Waals surface area contributed by atoms with E-state index >= 15 is 0 Å². The van der Waals surface area contributed by atoms with Gasteiger partial charge < -0.3 is 20.5 Å². The van der Waals surface area contributed by atoms with E-state index in [1.165, 1.54) is 7.11 Å². The lowest BCUT2D eigenvalue weighted by atomic mass is 9.96. The molecule has 0 aromatic heterocycles. The van der Waals surface area contributed by atoms with Crippen LogP contribution in [0.2, 0.25) is 0 Å². The van der Waals surface area contributed by atoms with Crippen LogP contribution in [0.3, 0.4) is 0 Å². The summed E-state index contributed by atoms with van der Waals surface area (Å²) in [5.74, 6) is -0.636. The molecule has 0 bridgehead atoms. The van der Waals surface area contributed by atoms with Crippen LogP contribution in [0.5, 0.6) is 11.5 Å². The Morgan fingerprint density at radius 1 is 1.35 bits per heavy atom. The molecule has 0 aliphatic carbocycles. The van der Waals surface area contributed by atoms with Crippen LogP contribution in [0.25, 0.3) is 0 Å². The predicted molar refractivity (Wildman–Crippen MR) is 72.5 cm³/mol. The van der Waals surface area contributed by atoms with Gasteiger partial charge in [0.1, 0.15) is 0 Å². The van der Waals surface area contributed by atoms with Crippen molar-refractivity contribution in [1.82, 2.24) is 4.90 Å². The van der Waals surface area contributed by atoms with Gasteiger partial charge in [0.25, 0.3) is 5.91 Å². The van der Waals surface area contributed by atoms with E-state index in [1.54, 1.807) is 23.1 Å². The average molecular weight is 278 g/mol. The molecule has 0 spiro atoms. The monoisotopic (exact) mass is 278 g/mol. The van der Waals surface area contributed by atoms with E-state index in [0.717, 1.165) is 0 Å². The Hall–Kier alpha value is -2.24. The lowest BCUT2D eigenvalue weighted by Gasteiger charge is -2.30. The second-order valence-corrected chi connectivity index (χ2v) is 4.83. The molecule has 6 heteroatoms. The van der Waals surface area contributed by atoms with Crippen LogP contribution < -0.4 is 10.5 Å². The van der Waals surface area contributed by atoms with Crippen molar-refractivity contribution in [3.8, 4) is 11.5 Å². The van der Waals surface area contributed by atoms with Gasteiger partial charge in [-0.15, -0.1) is 0 Å². The first-order chi connectivity index (χ1) is 9.54. The van der Waals surface area contributed by atoms with Gasteiger partial charge in [-0.3, -0.25) is 9.59 Å². The summed E-state index contributed by atoms with van der Waals surface area (Å²) in [7, 11) is 1.43. The first-order valence-electron chi connectivity index (χ1n) is 6.49. The third-order valence-corrected chi connectivity index (χ3v) is 3.63. The zero-order valence-electron chi connectivity index (χ0n) is 11.3. The van der Waals surface area contributed by atoms with Gasteiger partial charge in [-0.05, 0) is 25.0 Å². The van der Waals surface area contributed by atoms with E-state index in [4.69, 9.17) is 10.5 Å². The van der Waals surface area contributed by atoms with E-state index in [0.29, 0.717) is 25.9 Å². The zero-order valence-corrected chi connectivity index (χ0v) is 11.3. The number of amides is 2. The van der Waals surface area contributed by atoms with Crippen molar-refractivity contribution in [3.63, 3.8) is 0 Å². The van der Waals surface area contributed by atoms with Crippen LogP contribution in [0.15, 0.2) is 18.2 Å². The highest BCUT2D eigenvalue weighted by molar-refractivity contribution is 5.97. The van der Waals surface area contributed by atoms with Gasteiger partial charge in [0.15, 0.2) is 11.5 Å². The molecule has 3 N–H and O–H groups in total. The molecular weight excluding hydrogens is 260 g/mol. The third-order valence-electron chi connectivity index (χ3n) is 3.63. The number of aromatic hydroxyl groups is 1. The number of para-hydroxylation sites is 1. The summed E-state index contributed by atoms with van der Waals surface area (Å²) in [6, 6.07) is 4.80. The third kappa shape index (κ3) is 2.68. The number of carbonyl (C=O) groups excluding carboxylic acids is 2. The zero-order chi connectivity index (χ0) is 14.7. The lowest BCUT2D eigenvalue weighted by molar-refractivity contribution is -0.123. The molecule has 1 aromatic rings. The van der Waals surface area contributed by atoms with Gasteiger partial charge in [0.2, 0.25) is 5.91 Å². The highest BCUT2D eigenvalue weighted by Crippen LogP contribution is 2.31. The molecule has 0 saturated carbocycles. The topological polar surface area (TPSA) is 92.9 Å². The number of primary amides is 1. The van der Waals surface area contributed by atoms with E-state index in [1.807, 2.05) is 0 Å². The van der Waals surface area contributed by atoms with Crippen LogP contribution in [-0.2, 0) is 4.79 Å². The fourth-order valence-corrected chi connectivity index (χ4v) is 2.40. The van der Waals surface area contributed by atoms with Crippen LogP contribution >= 0.6 is 0 Å². The predicted octanol–water partition coefficient (Wildman–Crippen LogP) is 0.738. The number of ether oxygens (including phenoxy) is 1. The quantitative estimate of drug-likeness (QED) is 0.852. The molecule has 1 aromatic carbocycles. The fourth-order valence-electron chi connectivity index (χ4n) is 2.40. The molecule has 1 fully saturated rings. The minimum absolute atomic E-state index is 0.156.